The fourth-order valence-corrected chi connectivity index (χ4v) is 1.79. The van der Waals surface area contributed by atoms with Gasteiger partial charge in [-0.3, -0.25) is 0 Å². The fraction of sp³-hybridized carbons (Fsp3) is 0.615. The SMILES string of the molecule is CCCCCC=Cn1cc[n+](C)c1CC.F[B-](F)(F)F. The molecule has 1 heterocycles. The van der Waals surface area contributed by atoms with E-state index in [4.69, 9.17) is 0 Å². The lowest BCUT2D eigenvalue weighted by atomic mass is 10.2. The van der Waals surface area contributed by atoms with E-state index in [1.807, 2.05) is 0 Å². The molecule has 0 aliphatic carbocycles. The normalized spacial score (nSPS) is 11.6. The van der Waals surface area contributed by atoms with Crippen LogP contribution in [0, 0.1) is 0 Å². The summed E-state index contributed by atoms with van der Waals surface area (Å²) in [5.74, 6) is 1.35. The van der Waals surface area contributed by atoms with E-state index >= 15 is 0 Å². The number of rotatable bonds is 6. The Morgan fingerprint density at radius 3 is 2.30 bits per heavy atom. The molecule has 0 aliphatic heterocycles. The zero-order valence-electron chi connectivity index (χ0n) is 12.3. The third-order valence-electron chi connectivity index (χ3n) is 2.71. The first-order chi connectivity index (χ1) is 9.29. The van der Waals surface area contributed by atoms with E-state index in [1.54, 1.807) is 0 Å². The number of aryl methyl sites for hydroxylation is 1. The minimum absolute atomic E-state index is 1.07. The van der Waals surface area contributed by atoms with Gasteiger partial charge in [0.1, 0.15) is 12.4 Å². The molecule has 0 fully saturated rings. The highest BCUT2D eigenvalue weighted by Gasteiger charge is 2.20. The molecule has 116 valence electrons. The van der Waals surface area contributed by atoms with Crippen LogP contribution in [0.15, 0.2) is 18.5 Å². The molecule has 0 aromatic carbocycles. The average Bonchev–Trinajstić information content (AvgIpc) is 2.67. The van der Waals surface area contributed by atoms with Gasteiger partial charge in [-0.15, -0.1) is 0 Å². The first-order valence-electron chi connectivity index (χ1n) is 6.88. The first kappa shape index (κ1) is 18.7. The van der Waals surface area contributed by atoms with Crippen LogP contribution in [0.1, 0.15) is 45.4 Å². The predicted molar refractivity (Wildman–Crippen MR) is 74.6 cm³/mol. The summed E-state index contributed by atoms with van der Waals surface area (Å²) in [5, 5.41) is 0. The van der Waals surface area contributed by atoms with Crippen molar-refractivity contribution >= 4 is 13.5 Å². The molecule has 7 heteroatoms. The molecular weight excluding hydrogens is 271 g/mol. The zero-order chi connectivity index (χ0) is 15.6. The summed E-state index contributed by atoms with van der Waals surface area (Å²) < 4.78 is 43.4. The van der Waals surface area contributed by atoms with Crippen molar-refractivity contribution in [2.24, 2.45) is 7.05 Å². The number of unbranched alkanes of at least 4 members (excludes halogenated alkanes) is 3. The van der Waals surface area contributed by atoms with Gasteiger partial charge in [0, 0.05) is 6.42 Å². The van der Waals surface area contributed by atoms with Crippen molar-refractivity contribution in [1.29, 1.82) is 0 Å². The second-order valence-corrected chi connectivity index (χ2v) is 4.46. The maximum absolute atomic E-state index is 9.75. The van der Waals surface area contributed by atoms with Crippen molar-refractivity contribution < 1.29 is 21.8 Å². The maximum Gasteiger partial charge on any atom is 0.673 e. The Kier molecular flexibility index (Phi) is 9.00. The van der Waals surface area contributed by atoms with Gasteiger partial charge in [0.2, 0.25) is 0 Å². The number of imidazole rings is 1. The van der Waals surface area contributed by atoms with E-state index in [-0.39, 0.29) is 0 Å². The number of hydrogen-bond acceptors (Lipinski definition) is 0. The van der Waals surface area contributed by atoms with Crippen LogP contribution in [0.25, 0.3) is 6.20 Å². The molecule has 0 saturated heterocycles. The molecule has 0 atom stereocenters. The molecule has 0 unspecified atom stereocenters. The number of aromatic nitrogens is 2. The molecular formula is C13H23BF4N2. The summed E-state index contributed by atoms with van der Waals surface area (Å²) in [7, 11) is -3.90. The van der Waals surface area contributed by atoms with Crippen LogP contribution in [-0.4, -0.2) is 11.8 Å². The Hall–Kier alpha value is -1.27. The van der Waals surface area contributed by atoms with Gasteiger partial charge in [-0.05, 0) is 18.9 Å². The Morgan fingerprint density at radius 1 is 1.20 bits per heavy atom. The summed E-state index contributed by atoms with van der Waals surface area (Å²) in [4.78, 5) is 0. The average molecular weight is 294 g/mol. The standard InChI is InChI=1S/C13H23N2.BF4/c1-4-6-7-8-9-10-15-12-11-14(3)13(15)5-2;2-1(3,4)5/h9-12H,4-8H2,1-3H3;/q+1;-1. The highest BCUT2D eigenvalue weighted by atomic mass is 19.5. The molecule has 1 rings (SSSR count). The summed E-state index contributed by atoms with van der Waals surface area (Å²) in [5.41, 5.74) is 0. The molecule has 1 aromatic heterocycles. The van der Waals surface area contributed by atoms with Crippen molar-refractivity contribution in [3.63, 3.8) is 0 Å². The minimum atomic E-state index is -6.00. The van der Waals surface area contributed by atoms with Gasteiger partial charge >= 0.3 is 7.25 Å². The monoisotopic (exact) mass is 294 g/mol. The van der Waals surface area contributed by atoms with E-state index in [0.29, 0.717) is 0 Å². The molecule has 0 amide bonds. The Bertz CT molecular complexity index is 394. The molecule has 0 aliphatic rings. The number of allylic oxidation sites excluding steroid dienone is 1. The van der Waals surface area contributed by atoms with E-state index in [1.165, 1.54) is 31.5 Å². The second kappa shape index (κ2) is 9.61. The van der Waals surface area contributed by atoms with Gasteiger partial charge < -0.3 is 17.3 Å². The highest BCUT2D eigenvalue weighted by Crippen LogP contribution is 2.06. The van der Waals surface area contributed by atoms with E-state index in [9.17, 15) is 17.3 Å². The lowest BCUT2D eigenvalue weighted by Gasteiger charge is -1.94. The van der Waals surface area contributed by atoms with Crippen molar-refractivity contribution in [3.8, 4) is 0 Å². The fourth-order valence-electron chi connectivity index (χ4n) is 1.79. The van der Waals surface area contributed by atoms with E-state index in [2.05, 4.69) is 54.7 Å². The summed E-state index contributed by atoms with van der Waals surface area (Å²) in [6.45, 7) is 4.43. The van der Waals surface area contributed by atoms with Crippen LogP contribution in [0.2, 0.25) is 0 Å². The molecule has 20 heavy (non-hydrogen) atoms. The number of hydrogen-bond donors (Lipinski definition) is 0. The third kappa shape index (κ3) is 9.64. The van der Waals surface area contributed by atoms with E-state index < -0.39 is 7.25 Å². The van der Waals surface area contributed by atoms with Crippen LogP contribution >= 0.6 is 0 Å². The first-order valence-corrected chi connectivity index (χ1v) is 6.88. The van der Waals surface area contributed by atoms with Crippen LogP contribution in [0.5, 0.6) is 0 Å². The van der Waals surface area contributed by atoms with Crippen LogP contribution < -0.4 is 4.57 Å². The molecule has 0 bridgehead atoms. The third-order valence-corrected chi connectivity index (χ3v) is 2.71. The number of nitrogens with zero attached hydrogens (tertiary/aromatic N) is 2. The molecule has 2 nitrogen and oxygen atoms in total. The predicted octanol–water partition coefficient (Wildman–Crippen LogP) is 4.23. The number of halogens is 4. The zero-order valence-corrected chi connectivity index (χ0v) is 12.3. The highest BCUT2D eigenvalue weighted by molar-refractivity contribution is 6.50. The smallest absolute Gasteiger partial charge is 0.418 e. The molecule has 0 spiro atoms. The van der Waals surface area contributed by atoms with Gasteiger partial charge in [-0.1, -0.05) is 26.7 Å². The minimum Gasteiger partial charge on any atom is -0.418 e. The van der Waals surface area contributed by atoms with Crippen LogP contribution in [0.4, 0.5) is 17.3 Å². The van der Waals surface area contributed by atoms with Crippen molar-refractivity contribution in [2.45, 2.75) is 46.0 Å². The lowest BCUT2D eigenvalue weighted by Crippen LogP contribution is -2.31. The maximum atomic E-state index is 9.75. The van der Waals surface area contributed by atoms with E-state index in [0.717, 1.165) is 6.42 Å². The van der Waals surface area contributed by atoms with Gasteiger partial charge in [0.15, 0.2) is 0 Å². The molecule has 0 radical (unpaired) electrons. The van der Waals surface area contributed by atoms with Gasteiger partial charge in [-0.2, -0.15) is 0 Å². The molecule has 0 N–H and O–H groups in total. The van der Waals surface area contributed by atoms with Crippen molar-refractivity contribution in [1.82, 2.24) is 4.57 Å². The largest absolute Gasteiger partial charge is 0.673 e. The van der Waals surface area contributed by atoms with Gasteiger partial charge in [0.25, 0.3) is 5.82 Å². The summed E-state index contributed by atoms with van der Waals surface area (Å²) in [6.07, 6.45) is 14.9. The van der Waals surface area contributed by atoms with Gasteiger partial charge in [0.05, 0.1) is 13.2 Å². The lowest BCUT2D eigenvalue weighted by molar-refractivity contribution is -0.678. The molecule has 1 aromatic rings. The van der Waals surface area contributed by atoms with Crippen molar-refractivity contribution in [3.05, 3.63) is 24.3 Å². The molecule has 0 saturated carbocycles. The topological polar surface area (TPSA) is 8.81 Å². The van der Waals surface area contributed by atoms with Crippen LogP contribution in [-0.2, 0) is 13.5 Å². The quantitative estimate of drug-likeness (QED) is 0.321. The van der Waals surface area contributed by atoms with Crippen molar-refractivity contribution in [2.75, 3.05) is 0 Å². The Balaban J connectivity index is 0.000000621. The Morgan fingerprint density at radius 2 is 1.80 bits per heavy atom. The summed E-state index contributed by atoms with van der Waals surface area (Å²) >= 11 is 0. The Labute approximate surface area is 118 Å². The van der Waals surface area contributed by atoms with Crippen LogP contribution in [0.3, 0.4) is 0 Å². The summed E-state index contributed by atoms with van der Waals surface area (Å²) in [6, 6.07) is 0. The second-order valence-electron chi connectivity index (χ2n) is 4.46. The van der Waals surface area contributed by atoms with Gasteiger partial charge in [-0.25, -0.2) is 9.13 Å².